The molecule has 0 saturated carbocycles. The van der Waals surface area contributed by atoms with Crippen LogP contribution in [0.3, 0.4) is 0 Å². The third kappa shape index (κ3) is 4.88. The van der Waals surface area contributed by atoms with Crippen LogP contribution in [0.15, 0.2) is 59.7 Å². The van der Waals surface area contributed by atoms with Crippen molar-refractivity contribution in [2.24, 2.45) is 0 Å². The van der Waals surface area contributed by atoms with E-state index in [0.717, 1.165) is 35.1 Å². The molecule has 0 aromatic heterocycles. The molecule has 0 spiro atoms. The van der Waals surface area contributed by atoms with E-state index in [4.69, 9.17) is 6.42 Å². The van der Waals surface area contributed by atoms with Gasteiger partial charge in [-0.25, -0.2) is 0 Å². The highest BCUT2D eigenvalue weighted by atomic mass is 16.1. The Bertz CT molecular complexity index is 854. The summed E-state index contributed by atoms with van der Waals surface area (Å²) < 4.78 is 0. The van der Waals surface area contributed by atoms with Crippen molar-refractivity contribution in [2.45, 2.75) is 26.7 Å². The molecular formula is C26H27NO. The summed E-state index contributed by atoms with van der Waals surface area (Å²) in [7, 11) is 0. The second-order valence-corrected chi connectivity index (χ2v) is 7.21. The summed E-state index contributed by atoms with van der Waals surface area (Å²) in [6, 6.07) is 16.8. The van der Waals surface area contributed by atoms with Crippen LogP contribution in [0, 0.1) is 12.3 Å². The second kappa shape index (κ2) is 9.35. The van der Waals surface area contributed by atoms with Crippen molar-refractivity contribution in [3.05, 3.63) is 81.9 Å². The number of rotatable bonds is 5. The van der Waals surface area contributed by atoms with E-state index >= 15 is 0 Å². The van der Waals surface area contributed by atoms with Gasteiger partial charge < -0.3 is 0 Å². The van der Waals surface area contributed by atoms with E-state index < -0.39 is 0 Å². The molecule has 1 aliphatic rings. The number of carbonyl (C=O) groups excluding carboxylic acids is 1. The first-order chi connectivity index (χ1) is 13.6. The summed E-state index contributed by atoms with van der Waals surface area (Å²) >= 11 is 0. The Labute approximate surface area is 168 Å². The number of hydrogen-bond donors (Lipinski definition) is 0. The fraction of sp³-hybridized carbons (Fsp3) is 0.269. The zero-order valence-corrected chi connectivity index (χ0v) is 16.7. The smallest absolute Gasteiger partial charge is 0.187 e. The predicted octanol–water partition coefficient (Wildman–Crippen LogP) is 4.80. The number of ketones is 1. The molecule has 1 heterocycles. The second-order valence-electron chi connectivity index (χ2n) is 7.21. The van der Waals surface area contributed by atoms with Crippen molar-refractivity contribution in [1.82, 2.24) is 4.90 Å². The highest BCUT2D eigenvalue weighted by Crippen LogP contribution is 2.22. The Morgan fingerprint density at radius 3 is 1.64 bits per heavy atom. The molecule has 1 saturated heterocycles. The molecule has 1 aliphatic heterocycles. The van der Waals surface area contributed by atoms with E-state index in [2.05, 4.69) is 73.2 Å². The van der Waals surface area contributed by atoms with Crippen LogP contribution in [-0.4, -0.2) is 30.3 Å². The molecular weight excluding hydrogens is 342 g/mol. The minimum absolute atomic E-state index is 0.118. The fourth-order valence-corrected chi connectivity index (χ4v) is 3.45. The van der Waals surface area contributed by atoms with Gasteiger partial charge in [0.25, 0.3) is 0 Å². The minimum atomic E-state index is 0.118. The fourth-order valence-electron chi connectivity index (χ4n) is 3.45. The van der Waals surface area contributed by atoms with Gasteiger partial charge in [-0.1, -0.05) is 68.3 Å². The van der Waals surface area contributed by atoms with Crippen molar-refractivity contribution in [3.8, 4) is 12.3 Å². The van der Waals surface area contributed by atoms with Gasteiger partial charge in [0, 0.05) is 24.2 Å². The van der Waals surface area contributed by atoms with Gasteiger partial charge in [0.2, 0.25) is 0 Å². The third-order valence-electron chi connectivity index (χ3n) is 5.14. The number of terminal acetylenes is 1. The molecule has 3 rings (SSSR count). The Kier molecular flexibility index (Phi) is 6.63. The Morgan fingerprint density at radius 2 is 1.29 bits per heavy atom. The average Bonchev–Trinajstić information content (AvgIpc) is 2.72. The molecule has 2 heteroatoms. The summed E-state index contributed by atoms with van der Waals surface area (Å²) in [6.07, 6.45) is 11.6. The third-order valence-corrected chi connectivity index (χ3v) is 5.14. The van der Waals surface area contributed by atoms with Crippen LogP contribution in [-0.2, 0) is 17.6 Å². The van der Waals surface area contributed by atoms with Crippen molar-refractivity contribution >= 4 is 17.9 Å². The van der Waals surface area contributed by atoms with E-state index in [1.165, 1.54) is 11.1 Å². The number of aryl methyl sites for hydroxylation is 2. The summed E-state index contributed by atoms with van der Waals surface area (Å²) in [5, 5.41) is 0. The van der Waals surface area contributed by atoms with Gasteiger partial charge in [-0.3, -0.25) is 9.69 Å². The molecule has 28 heavy (non-hydrogen) atoms. The predicted molar refractivity (Wildman–Crippen MR) is 118 cm³/mol. The standard InChI is InChI=1S/C26H27NO/c1-4-15-27-18-24(16-22-11-7-20(5-2)8-12-22)26(28)25(19-27)17-23-13-9-21(6-3)10-14-23/h1,7-14,16-17H,5-6,15,18-19H2,2-3H3/b24-16-,25-17+. The van der Waals surface area contributed by atoms with E-state index in [1.807, 2.05) is 12.2 Å². The number of hydrogen-bond acceptors (Lipinski definition) is 2. The largest absolute Gasteiger partial charge is 0.289 e. The summed E-state index contributed by atoms with van der Waals surface area (Å²) in [5.74, 6) is 2.83. The van der Waals surface area contributed by atoms with E-state index in [-0.39, 0.29) is 5.78 Å². The van der Waals surface area contributed by atoms with Crippen LogP contribution in [0.5, 0.6) is 0 Å². The first-order valence-corrected chi connectivity index (χ1v) is 9.92. The van der Waals surface area contributed by atoms with Gasteiger partial charge in [0.05, 0.1) is 6.54 Å². The monoisotopic (exact) mass is 369 g/mol. The summed E-state index contributed by atoms with van der Waals surface area (Å²) in [6.45, 7) is 5.99. The first kappa shape index (κ1) is 19.9. The van der Waals surface area contributed by atoms with Gasteiger partial charge in [-0.2, -0.15) is 0 Å². The average molecular weight is 370 g/mol. The lowest BCUT2D eigenvalue weighted by molar-refractivity contribution is -0.113. The normalized spacial score (nSPS) is 17.8. The molecule has 1 fully saturated rings. The lowest BCUT2D eigenvalue weighted by atomic mass is 9.94. The van der Waals surface area contributed by atoms with Crippen molar-refractivity contribution in [3.63, 3.8) is 0 Å². The number of likely N-dealkylation sites (tertiary alicyclic amines) is 1. The van der Waals surface area contributed by atoms with E-state index in [0.29, 0.717) is 19.6 Å². The van der Waals surface area contributed by atoms with Crippen LogP contribution in [0.4, 0.5) is 0 Å². The number of carbonyl (C=O) groups is 1. The lowest BCUT2D eigenvalue weighted by Gasteiger charge is -2.28. The summed E-state index contributed by atoms with van der Waals surface area (Å²) in [4.78, 5) is 15.3. The highest BCUT2D eigenvalue weighted by Gasteiger charge is 2.25. The maximum absolute atomic E-state index is 13.1. The molecule has 0 bridgehead atoms. The highest BCUT2D eigenvalue weighted by molar-refractivity contribution is 6.14. The van der Waals surface area contributed by atoms with Gasteiger partial charge in [0.1, 0.15) is 0 Å². The van der Waals surface area contributed by atoms with Crippen LogP contribution < -0.4 is 0 Å². The Morgan fingerprint density at radius 1 is 0.857 bits per heavy atom. The molecule has 2 nitrogen and oxygen atoms in total. The van der Waals surface area contributed by atoms with Gasteiger partial charge >= 0.3 is 0 Å². The molecule has 0 amide bonds. The van der Waals surface area contributed by atoms with Crippen molar-refractivity contribution in [2.75, 3.05) is 19.6 Å². The molecule has 0 unspecified atom stereocenters. The number of nitrogens with zero attached hydrogens (tertiary/aromatic N) is 1. The van der Waals surface area contributed by atoms with Gasteiger partial charge in [-0.15, -0.1) is 6.42 Å². The van der Waals surface area contributed by atoms with Gasteiger partial charge in [-0.05, 0) is 47.2 Å². The van der Waals surface area contributed by atoms with Crippen LogP contribution >= 0.6 is 0 Å². The SMILES string of the molecule is C#CCN1C/C(=C/c2ccc(CC)cc2)C(=O)/C(=C/c2ccc(CC)cc2)C1. The van der Waals surface area contributed by atoms with Gasteiger partial charge in [0.15, 0.2) is 5.78 Å². The lowest BCUT2D eigenvalue weighted by Crippen LogP contribution is -2.37. The number of piperidine rings is 1. The zero-order valence-electron chi connectivity index (χ0n) is 16.7. The Balaban J connectivity index is 1.91. The quantitative estimate of drug-likeness (QED) is 0.557. The van der Waals surface area contributed by atoms with Crippen LogP contribution in [0.2, 0.25) is 0 Å². The molecule has 0 aliphatic carbocycles. The van der Waals surface area contributed by atoms with E-state index in [1.54, 1.807) is 0 Å². The maximum Gasteiger partial charge on any atom is 0.187 e. The zero-order chi connectivity index (χ0) is 19.9. The summed E-state index contributed by atoms with van der Waals surface area (Å²) in [5.41, 5.74) is 6.28. The molecule has 0 N–H and O–H groups in total. The molecule has 0 atom stereocenters. The molecule has 2 aromatic rings. The van der Waals surface area contributed by atoms with Crippen LogP contribution in [0.1, 0.15) is 36.1 Å². The van der Waals surface area contributed by atoms with Crippen molar-refractivity contribution in [1.29, 1.82) is 0 Å². The molecule has 2 aromatic carbocycles. The number of benzene rings is 2. The Hall–Kier alpha value is -2.89. The molecule has 142 valence electrons. The van der Waals surface area contributed by atoms with Crippen molar-refractivity contribution < 1.29 is 4.79 Å². The first-order valence-electron chi connectivity index (χ1n) is 9.92. The topological polar surface area (TPSA) is 20.3 Å². The maximum atomic E-state index is 13.1. The van der Waals surface area contributed by atoms with Crippen LogP contribution in [0.25, 0.3) is 12.2 Å². The molecule has 0 radical (unpaired) electrons. The number of Topliss-reactive ketones (excluding diaryl/α,β-unsaturated/α-hetero) is 1. The van der Waals surface area contributed by atoms with E-state index in [9.17, 15) is 4.79 Å². The minimum Gasteiger partial charge on any atom is -0.289 e.